The maximum absolute atomic E-state index is 14.3. The summed E-state index contributed by atoms with van der Waals surface area (Å²) in [6.07, 6.45) is 3.10. The van der Waals surface area contributed by atoms with E-state index in [1.54, 1.807) is 4.52 Å². The van der Waals surface area contributed by atoms with Crippen LogP contribution in [0, 0.1) is 24.1 Å². The second-order valence-corrected chi connectivity index (χ2v) is 8.67. The number of aromatic nitrogens is 5. The van der Waals surface area contributed by atoms with Crippen molar-refractivity contribution in [3.8, 4) is 11.8 Å². The van der Waals surface area contributed by atoms with Gasteiger partial charge >= 0.3 is 0 Å². The molecule has 0 fully saturated rings. The lowest BCUT2D eigenvalue weighted by molar-refractivity contribution is 0.418. The van der Waals surface area contributed by atoms with Gasteiger partial charge in [0.05, 0.1) is 6.04 Å². The molecule has 0 bridgehead atoms. The fourth-order valence-electron chi connectivity index (χ4n) is 3.81. The summed E-state index contributed by atoms with van der Waals surface area (Å²) >= 11 is 0. The Labute approximate surface area is 207 Å². The van der Waals surface area contributed by atoms with Crippen LogP contribution < -0.4 is 16.0 Å². The number of halogens is 1. The first-order chi connectivity index (χ1) is 17.2. The molecule has 4 aromatic rings. The summed E-state index contributed by atoms with van der Waals surface area (Å²) in [5, 5.41) is 27.4. The number of likely N-dealkylation sites (N-methyl/N-ethyl adjacent to an activating group) is 1. The van der Waals surface area contributed by atoms with Gasteiger partial charge in [0, 0.05) is 37.1 Å². The first-order valence-electron chi connectivity index (χ1n) is 11.2. The number of nitrogen functional groups attached to an aromatic ring is 1. The molecule has 0 aliphatic rings. The maximum Gasteiger partial charge on any atom is 0.173 e. The average molecular weight is 491 g/mol. The molecular formula is C24H27FN10O. The summed E-state index contributed by atoms with van der Waals surface area (Å²) in [6.45, 7) is 4.88. The third-order valence-electron chi connectivity index (χ3n) is 5.65. The van der Waals surface area contributed by atoms with Gasteiger partial charge in [-0.15, -0.1) is 0 Å². The largest absolute Gasteiger partial charge is 0.508 e. The normalized spacial score (nSPS) is 12.0. The Morgan fingerprint density at radius 2 is 2.03 bits per heavy atom. The van der Waals surface area contributed by atoms with Crippen molar-refractivity contribution < 1.29 is 9.50 Å². The molecule has 0 aliphatic carbocycles. The molecule has 0 radical (unpaired) electrons. The van der Waals surface area contributed by atoms with Gasteiger partial charge in [-0.3, -0.25) is 0 Å². The summed E-state index contributed by atoms with van der Waals surface area (Å²) < 4.78 is 16.0. The highest BCUT2D eigenvalue weighted by Crippen LogP contribution is 2.33. The molecule has 11 nitrogen and oxygen atoms in total. The smallest absolute Gasteiger partial charge is 0.173 e. The van der Waals surface area contributed by atoms with Crippen LogP contribution in [0.3, 0.4) is 0 Å². The highest BCUT2D eigenvalue weighted by Gasteiger charge is 2.23. The van der Waals surface area contributed by atoms with Crippen molar-refractivity contribution in [3.63, 3.8) is 0 Å². The molecular weight excluding hydrogens is 463 g/mol. The summed E-state index contributed by atoms with van der Waals surface area (Å²) in [5.74, 6) is 0.553. The number of hydrogen-bond donors (Lipinski definition) is 3. The van der Waals surface area contributed by atoms with Crippen LogP contribution in [-0.4, -0.2) is 61.8 Å². The second kappa shape index (κ2) is 10.0. The summed E-state index contributed by atoms with van der Waals surface area (Å²) in [5.41, 5.74) is 8.09. The number of phenols is 1. The quantitative estimate of drug-likeness (QED) is 0.337. The first kappa shape index (κ1) is 24.6. The van der Waals surface area contributed by atoms with Crippen LogP contribution in [0.2, 0.25) is 0 Å². The number of hydrogen-bond acceptors (Lipinski definition) is 10. The van der Waals surface area contributed by atoms with Crippen LogP contribution in [0.1, 0.15) is 29.9 Å². The van der Waals surface area contributed by atoms with Gasteiger partial charge in [-0.25, -0.2) is 23.9 Å². The molecule has 0 aliphatic heterocycles. The highest BCUT2D eigenvalue weighted by atomic mass is 19.1. The van der Waals surface area contributed by atoms with Crippen molar-refractivity contribution in [3.05, 3.63) is 59.6 Å². The Bertz CT molecular complexity index is 1420. The van der Waals surface area contributed by atoms with Gasteiger partial charge in [-0.2, -0.15) is 10.4 Å². The molecule has 0 spiro atoms. The van der Waals surface area contributed by atoms with Crippen LogP contribution in [0.4, 0.5) is 27.5 Å². The van der Waals surface area contributed by atoms with Crippen molar-refractivity contribution in [2.75, 3.05) is 43.1 Å². The zero-order valence-corrected chi connectivity index (χ0v) is 20.4. The Morgan fingerprint density at radius 1 is 1.25 bits per heavy atom. The van der Waals surface area contributed by atoms with Crippen LogP contribution >= 0.6 is 0 Å². The lowest BCUT2D eigenvalue weighted by Gasteiger charge is -2.27. The van der Waals surface area contributed by atoms with E-state index in [4.69, 9.17) is 10.7 Å². The van der Waals surface area contributed by atoms with E-state index >= 15 is 0 Å². The van der Waals surface area contributed by atoms with E-state index in [9.17, 15) is 14.8 Å². The van der Waals surface area contributed by atoms with Crippen LogP contribution in [-0.2, 0) is 0 Å². The molecule has 3 heterocycles. The van der Waals surface area contributed by atoms with Gasteiger partial charge in [0.15, 0.2) is 11.6 Å². The van der Waals surface area contributed by atoms with Crippen molar-refractivity contribution in [1.82, 2.24) is 29.5 Å². The van der Waals surface area contributed by atoms with Gasteiger partial charge in [-0.05, 0) is 45.6 Å². The number of anilines is 4. The Morgan fingerprint density at radius 3 is 2.72 bits per heavy atom. The molecule has 3 aromatic heterocycles. The zero-order chi connectivity index (χ0) is 26.0. The Kier molecular flexibility index (Phi) is 6.84. The Balaban J connectivity index is 1.84. The molecule has 4 N–H and O–H groups in total. The van der Waals surface area contributed by atoms with Crippen LogP contribution in [0.25, 0.3) is 5.52 Å². The Hall–Kier alpha value is -4.50. The minimum absolute atomic E-state index is 0.0704. The topological polar surface area (TPSA) is 145 Å². The molecule has 1 atom stereocenters. The number of aryl methyl sites for hydroxylation is 1. The van der Waals surface area contributed by atoms with Crippen molar-refractivity contribution in [2.24, 2.45) is 0 Å². The third-order valence-corrected chi connectivity index (χ3v) is 5.65. The number of fused-ring (bicyclic) bond motifs is 1. The van der Waals surface area contributed by atoms with E-state index in [-0.39, 0.29) is 22.9 Å². The summed E-state index contributed by atoms with van der Waals surface area (Å²) in [4.78, 5) is 16.7. The van der Waals surface area contributed by atoms with E-state index in [1.165, 1.54) is 18.5 Å². The molecule has 0 amide bonds. The average Bonchev–Trinajstić information content (AvgIpc) is 3.19. The van der Waals surface area contributed by atoms with E-state index in [0.717, 1.165) is 17.1 Å². The fourth-order valence-corrected chi connectivity index (χ4v) is 3.81. The monoisotopic (exact) mass is 490 g/mol. The van der Waals surface area contributed by atoms with Crippen molar-refractivity contribution >= 4 is 28.7 Å². The molecule has 36 heavy (non-hydrogen) atoms. The predicted molar refractivity (Wildman–Crippen MR) is 135 cm³/mol. The van der Waals surface area contributed by atoms with Crippen LogP contribution in [0.5, 0.6) is 5.75 Å². The van der Waals surface area contributed by atoms with Gasteiger partial charge in [-0.1, -0.05) is 0 Å². The molecule has 1 unspecified atom stereocenters. The minimum Gasteiger partial charge on any atom is -0.508 e. The lowest BCUT2D eigenvalue weighted by atomic mass is 10.2. The molecule has 1 aromatic carbocycles. The van der Waals surface area contributed by atoms with Gasteiger partial charge in [0.1, 0.15) is 46.7 Å². The SMILES string of the molecule is Cc1ccn2nc(C(C)Nc3ncnc(N)c3C#N)nc(N(CCN(C)C)c3cc(O)cc(F)c3)c12. The second-order valence-electron chi connectivity index (χ2n) is 8.67. The predicted octanol–water partition coefficient (Wildman–Crippen LogP) is 3.00. The maximum atomic E-state index is 14.3. The van der Waals surface area contributed by atoms with Gasteiger partial charge in [0.25, 0.3) is 0 Å². The van der Waals surface area contributed by atoms with E-state index in [2.05, 4.69) is 20.4 Å². The standard InChI is InChI=1S/C24H27FN10O/c1-14-5-6-35-20(14)24(34(8-7-33(3)4)17-9-16(25)10-18(36)11-17)31-22(32-35)15(2)30-23-19(12-26)21(27)28-13-29-23/h5-6,9-11,13,15,36H,7-8H2,1-4H3,(H3,27,28,29,30). The van der Waals surface area contributed by atoms with Crippen molar-refractivity contribution in [1.29, 1.82) is 5.26 Å². The molecule has 12 heteroatoms. The molecule has 4 rings (SSSR count). The number of nitrogens with one attached hydrogen (secondary N) is 1. The van der Waals surface area contributed by atoms with Gasteiger partial charge in [0.2, 0.25) is 0 Å². The number of nitrogens with zero attached hydrogens (tertiary/aromatic N) is 8. The fraction of sp³-hybridized carbons (Fsp3) is 0.292. The molecule has 0 saturated carbocycles. The minimum atomic E-state index is -0.558. The highest BCUT2D eigenvalue weighted by molar-refractivity contribution is 5.78. The number of benzene rings is 1. The van der Waals surface area contributed by atoms with Gasteiger partial charge < -0.3 is 26.0 Å². The van der Waals surface area contributed by atoms with E-state index in [0.29, 0.717) is 30.4 Å². The zero-order valence-electron chi connectivity index (χ0n) is 20.4. The lowest BCUT2D eigenvalue weighted by Crippen LogP contribution is -2.30. The number of nitrogens with two attached hydrogens (primary N) is 1. The number of phenolic OH excluding ortho intramolecular Hbond substituents is 1. The van der Waals surface area contributed by atoms with Crippen molar-refractivity contribution in [2.45, 2.75) is 19.9 Å². The number of rotatable bonds is 8. The van der Waals surface area contributed by atoms with Crippen LogP contribution in [0.15, 0.2) is 36.8 Å². The summed E-state index contributed by atoms with van der Waals surface area (Å²) in [6, 6.07) is 7.37. The molecule has 0 saturated heterocycles. The first-order valence-corrected chi connectivity index (χ1v) is 11.2. The molecule has 186 valence electrons. The third kappa shape index (κ3) is 4.96. The number of aromatic hydroxyl groups is 1. The van der Waals surface area contributed by atoms with E-state index in [1.807, 2.05) is 56.1 Å². The number of nitriles is 1. The van der Waals surface area contributed by atoms with E-state index < -0.39 is 11.9 Å². The summed E-state index contributed by atoms with van der Waals surface area (Å²) in [7, 11) is 3.88.